The van der Waals surface area contributed by atoms with Crippen LogP contribution in [-0.2, 0) is 9.53 Å². The van der Waals surface area contributed by atoms with Crippen LogP contribution in [-0.4, -0.2) is 47.9 Å². The van der Waals surface area contributed by atoms with E-state index in [4.69, 9.17) is 18.7 Å². The molecular formula is C27H31N3O6. The van der Waals surface area contributed by atoms with Crippen molar-refractivity contribution >= 4 is 11.9 Å². The van der Waals surface area contributed by atoms with Gasteiger partial charge in [-0.25, -0.2) is 0 Å². The summed E-state index contributed by atoms with van der Waals surface area (Å²) in [4.78, 5) is 29.0. The first-order valence-electron chi connectivity index (χ1n) is 12.1. The molecule has 1 heterocycles. The molecule has 1 aliphatic rings. The van der Waals surface area contributed by atoms with E-state index in [2.05, 4.69) is 15.5 Å². The summed E-state index contributed by atoms with van der Waals surface area (Å²) >= 11 is 0. The van der Waals surface area contributed by atoms with Gasteiger partial charge in [0.1, 0.15) is 6.10 Å². The molecule has 36 heavy (non-hydrogen) atoms. The quantitative estimate of drug-likeness (QED) is 0.458. The molecule has 9 heteroatoms. The van der Waals surface area contributed by atoms with E-state index in [0.29, 0.717) is 54.6 Å². The van der Waals surface area contributed by atoms with Crippen molar-refractivity contribution in [3.05, 3.63) is 59.5 Å². The Labute approximate surface area is 210 Å². The lowest BCUT2D eigenvalue weighted by Gasteiger charge is -2.36. The second-order valence-electron chi connectivity index (χ2n) is 8.79. The van der Waals surface area contributed by atoms with Crippen LogP contribution in [0.2, 0.25) is 0 Å². The SMILES string of the molecule is CCOc1cc(C2CC(OC(C)=O)CCC2NC(=O)c2ccc(-c3noc(C)n3)cc2)ccc1OC. The van der Waals surface area contributed by atoms with E-state index in [1.54, 1.807) is 38.3 Å². The number of nitrogens with one attached hydrogen (secondary N) is 1. The molecule has 190 valence electrons. The van der Waals surface area contributed by atoms with Gasteiger partial charge in [0, 0.05) is 36.9 Å². The molecule has 1 N–H and O–H groups in total. The second-order valence-corrected chi connectivity index (χ2v) is 8.79. The van der Waals surface area contributed by atoms with Crippen LogP contribution in [0, 0.1) is 6.92 Å². The molecule has 1 aliphatic carbocycles. The number of hydrogen-bond acceptors (Lipinski definition) is 8. The van der Waals surface area contributed by atoms with Gasteiger partial charge in [-0.05, 0) is 56.0 Å². The fourth-order valence-corrected chi connectivity index (χ4v) is 4.65. The van der Waals surface area contributed by atoms with Crippen LogP contribution in [0.5, 0.6) is 11.5 Å². The molecule has 3 unspecified atom stereocenters. The molecule has 1 amide bonds. The summed E-state index contributed by atoms with van der Waals surface area (Å²) in [5.74, 6) is 1.70. The van der Waals surface area contributed by atoms with E-state index in [9.17, 15) is 9.59 Å². The van der Waals surface area contributed by atoms with Crippen molar-refractivity contribution in [1.29, 1.82) is 0 Å². The number of aryl methyl sites for hydroxylation is 1. The van der Waals surface area contributed by atoms with Gasteiger partial charge in [0.25, 0.3) is 5.91 Å². The Morgan fingerprint density at radius 2 is 1.89 bits per heavy atom. The summed E-state index contributed by atoms with van der Waals surface area (Å²) in [6.07, 6.45) is 1.73. The Bertz CT molecular complexity index is 1210. The second kappa shape index (κ2) is 11.2. The number of methoxy groups -OCH3 is 1. The van der Waals surface area contributed by atoms with Gasteiger partial charge < -0.3 is 24.1 Å². The van der Waals surface area contributed by atoms with Crippen molar-refractivity contribution in [3.8, 4) is 22.9 Å². The average Bonchev–Trinajstić information content (AvgIpc) is 3.31. The molecule has 1 saturated carbocycles. The Morgan fingerprint density at radius 3 is 2.53 bits per heavy atom. The van der Waals surface area contributed by atoms with Crippen molar-refractivity contribution in [1.82, 2.24) is 15.5 Å². The van der Waals surface area contributed by atoms with E-state index < -0.39 is 0 Å². The number of amides is 1. The van der Waals surface area contributed by atoms with Crippen molar-refractivity contribution in [2.75, 3.05) is 13.7 Å². The van der Waals surface area contributed by atoms with Crippen LogP contribution in [0.25, 0.3) is 11.4 Å². The van der Waals surface area contributed by atoms with Crippen LogP contribution in [0.3, 0.4) is 0 Å². The summed E-state index contributed by atoms with van der Waals surface area (Å²) in [6.45, 7) is 5.56. The van der Waals surface area contributed by atoms with Gasteiger partial charge in [-0.1, -0.05) is 23.4 Å². The van der Waals surface area contributed by atoms with Gasteiger partial charge in [-0.15, -0.1) is 0 Å². The van der Waals surface area contributed by atoms with Gasteiger partial charge in [-0.2, -0.15) is 4.98 Å². The van der Waals surface area contributed by atoms with Crippen LogP contribution in [0.4, 0.5) is 0 Å². The number of rotatable bonds is 8. The van der Waals surface area contributed by atoms with Crippen LogP contribution in [0.1, 0.15) is 60.8 Å². The number of nitrogens with zero attached hydrogens (tertiary/aromatic N) is 2. The molecular weight excluding hydrogens is 462 g/mol. The molecule has 4 rings (SSSR count). The standard InChI is InChI=1S/C27H31N3O6/c1-5-34-25-14-20(10-13-24(25)33-4)22-15-21(35-17(3)31)11-12-23(22)29-27(32)19-8-6-18(7-9-19)26-28-16(2)36-30-26/h6-10,13-14,21-23H,5,11-12,15H2,1-4H3,(H,29,32). The smallest absolute Gasteiger partial charge is 0.302 e. The Kier molecular flexibility index (Phi) is 7.87. The van der Waals surface area contributed by atoms with Gasteiger partial charge in [0.2, 0.25) is 11.7 Å². The maximum atomic E-state index is 13.2. The van der Waals surface area contributed by atoms with Crippen LogP contribution in [0.15, 0.2) is 47.0 Å². The van der Waals surface area contributed by atoms with E-state index >= 15 is 0 Å². The van der Waals surface area contributed by atoms with E-state index in [1.165, 1.54) is 6.92 Å². The van der Waals surface area contributed by atoms with Crippen LogP contribution >= 0.6 is 0 Å². The molecule has 0 aliphatic heterocycles. The fourth-order valence-electron chi connectivity index (χ4n) is 4.65. The number of hydrogen-bond donors (Lipinski definition) is 1. The normalized spacial score (nSPS) is 19.4. The van der Waals surface area contributed by atoms with Crippen LogP contribution < -0.4 is 14.8 Å². The predicted molar refractivity (Wildman–Crippen MR) is 132 cm³/mol. The maximum absolute atomic E-state index is 13.2. The minimum atomic E-state index is -0.303. The van der Waals surface area contributed by atoms with Crippen molar-refractivity contribution in [3.63, 3.8) is 0 Å². The summed E-state index contributed by atoms with van der Waals surface area (Å²) in [5.41, 5.74) is 2.29. The number of aromatic nitrogens is 2. The monoisotopic (exact) mass is 493 g/mol. The Balaban J connectivity index is 1.55. The Hall–Kier alpha value is -3.88. The predicted octanol–water partition coefficient (Wildman–Crippen LogP) is 4.45. The first kappa shape index (κ1) is 25.2. The highest BCUT2D eigenvalue weighted by atomic mass is 16.5. The number of benzene rings is 2. The molecule has 0 saturated heterocycles. The first-order chi connectivity index (χ1) is 17.4. The number of carbonyl (C=O) groups is 2. The highest BCUT2D eigenvalue weighted by Crippen LogP contribution is 2.39. The van der Waals surface area contributed by atoms with E-state index in [1.807, 2.05) is 25.1 Å². The zero-order valence-corrected chi connectivity index (χ0v) is 20.9. The molecule has 1 fully saturated rings. The van der Waals surface area contributed by atoms with Gasteiger partial charge >= 0.3 is 5.97 Å². The Morgan fingerprint density at radius 1 is 1.11 bits per heavy atom. The zero-order chi connectivity index (χ0) is 25.7. The molecule has 0 bridgehead atoms. The minimum Gasteiger partial charge on any atom is -0.493 e. The van der Waals surface area contributed by atoms with Gasteiger partial charge in [0.05, 0.1) is 13.7 Å². The zero-order valence-electron chi connectivity index (χ0n) is 20.9. The van der Waals surface area contributed by atoms with Gasteiger partial charge in [0.15, 0.2) is 11.5 Å². The molecule has 1 aromatic heterocycles. The topological polar surface area (TPSA) is 113 Å². The molecule has 2 aromatic carbocycles. The fraction of sp³-hybridized carbons (Fsp3) is 0.407. The van der Waals surface area contributed by atoms with Crippen molar-refractivity contribution in [2.24, 2.45) is 0 Å². The largest absolute Gasteiger partial charge is 0.493 e. The molecule has 3 aromatic rings. The summed E-state index contributed by atoms with van der Waals surface area (Å²) in [5, 5.41) is 7.12. The lowest BCUT2D eigenvalue weighted by Crippen LogP contribution is -2.44. The molecule has 0 spiro atoms. The number of esters is 1. The average molecular weight is 494 g/mol. The third-order valence-electron chi connectivity index (χ3n) is 6.30. The maximum Gasteiger partial charge on any atom is 0.302 e. The minimum absolute atomic E-state index is 0.0706. The molecule has 3 atom stereocenters. The summed E-state index contributed by atoms with van der Waals surface area (Å²) in [6, 6.07) is 12.7. The summed E-state index contributed by atoms with van der Waals surface area (Å²) < 4.78 is 21.8. The number of ether oxygens (including phenoxy) is 3. The number of carbonyl (C=O) groups excluding carboxylic acids is 2. The summed E-state index contributed by atoms with van der Waals surface area (Å²) in [7, 11) is 1.60. The third kappa shape index (κ3) is 5.84. The highest BCUT2D eigenvalue weighted by Gasteiger charge is 2.34. The van der Waals surface area contributed by atoms with E-state index in [-0.39, 0.29) is 29.9 Å². The third-order valence-corrected chi connectivity index (χ3v) is 6.30. The first-order valence-corrected chi connectivity index (χ1v) is 12.1. The van der Waals surface area contributed by atoms with Crippen molar-refractivity contribution in [2.45, 2.75) is 58.1 Å². The lowest BCUT2D eigenvalue weighted by molar-refractivity contribution is -0.148. The lowest BCUT2D eigenvalue weighted by atomic mass is 9.78. The molecule has 9 nitrogen and oxygen atoms in total. The van der Waals surface area contributed by atoms with Gasteiger partial charge in [-0.3, -0.25) is 9.59 Å². The van der Waals surface area contributed by atoms with Crippen molar-refractivity contribution < 1.29 is 28.3 Å². The molecule has 0 radical (unpaired) electrons. The van der Waals surface area contributed by atoms with E-state index in [0.717, 1.165) is 11.1 Å². The highest BCUT2D eigenvalue weighted by molar-refractivity contribution is 5.94.